The summed E-state index contributed by atoms with van der Waals surface area (Å²) in [6, 6.07) is 0.361. The zero-order chi connectivity index (χ0) is 9.78. The van der Waals surface area contributed by atoms with Crippen molar-refractivity contribution in [3.05, 3.63) is 0 Å². The first-order valence-corrected chi connectivity index (χ1v) is 4.77. The van der Waals surface area contributed by atoms with Crippen molar-refractivity contribution in [1.29, 1.82) is 0 Å². The van der Waals surface area contributed by atoms with Crippen LogP contribution >= 0.6 is 12.4 Å². The van der Waals surface area contributed by atoms with Gasteiger partial charge in [0.05, 0.1) is 0 Å². The molecule has 0 aromatic heterocycles. The summed E-state index contributed by atoms with van der Waals surface area (Å²) in [5.41, 5.74) is 6.26. The molecule has 0 bridgehead atoms. The molecule has 1 atom stereocenters. The van der Waals surface area contributed by atoms with Gasteiger partial charge in [-0.1, -0.05) is 20.8 Å². The second-order valence-corrected chi connectivity index (χ2v) is 4.77. The van der Waals surface area contributed by atoms with Crippen LogP contribution in [0, 0.1) is 5.41 Å². The predicted octanol–water partition coefficient (Wildman–Crippen LogP) is 2.12. The summed E-state index contributed by atoms with van der Waals surface area (Å²) < 4.78 is 0. The minimum atomic E-state index is 0. The van der Waals surface area contributed by atoms with Crippen molar-refractivity contribution in [2.24, 2.45) is 11.1 Å². The van der Waals surface area contributed by atoms with Crippen molar-refractivity contribution in [3.8, 4) is 0 Å². The minimum Gasteiger partial charge on any atom is -0.328 e. The van der Waals surface area contributed by atoms with Gasteiger partial charge in [-0.25, -0.2) is 0 Å². The lowest BCUT2D eigenvalue weighted by molar-refractivity contribution is 0.211. The van der Waals surface area contributed by atoms with Gasteiger partial charge in [0.1, 0.15) is 0 Å². The van der Waals surface area contributed by atoms with Crippen LogP contribution in [-0.4, -0.2) is 31.6 Å². The SMILES string of the molecule is CCC(N)CC(C)(C)CN(C)C.Cl. The van der Waals surface area contributed by atoms with Crippen molar-refractivity contribution in [1.82, 2.24) is 4.90 Å². The highest BCUT2D eigenvalue weighted by molar-refractivity contribution is 5.85. The van der Waals surface area contributed by atoms with E-state index < -0.39 is 0 Å². The van der Waals surface area contributed by atoms with Crippen LogP contribution in [0.15, 0.2) is 0 Å². The van der Waals surface area contributed by atoms with Gasteiger partial charge in [-0.2, -0.15) is 0 Å². The summed E-state index contributed by atoms with van der Waals surface area (Å²) in [7, 11) is 4.22. The van der Waals surface area contributed by atoms with E-state index in [1.165, 1.54) is 0 Å². The van der Waals surface area contributed by atoms with E-state index in [2.05, 4.69) is 39.8 Å². The number of halogens is 1. The van der Waals surface area contributed by atoms with Gasteiger partial charge in [-0.3, -0.25) is 0 Å². The highest BCUT2D eigenvalue weighted by Gasteiger charge is 2.21. The molecular formula is C10H25ClN2. The van der Waals surface area contributed by atoms with Gasteiger partial charge in [0.25, 0.3) is 0 Å². The summed E-state index contributed by atoms with van der Waals surface area (Å²) in [6.07, 6.45) is 2.19. The summed E-state index contributed by atoms with van der Waals surface area (Å²) in [5.74, 6) is 0. The maximum atomic E-state index is 5.92. The van der Waals surface area contributed by atoms with E-state index in [0.717, 1.165) is 19.4 Å². The minimum absolute atomic E-state index is 0. The molecule has 0 aromatic rings. The molecule has 0 aromatic carbocycles. The van der Waals surface area contributed by atoms with Crippen LogP contribution in [0.1, 0.15) is 33.6 Å². The van der Waals surface area contributed by atoms with Crippen LogP contribution in [0.25, 0.3) is 0 Å². The average molecular weight is 209 g/mol. The Kier molecular flexibility index (Phi) is 8.00. The zero-order valence-corrected chi connectivity index (χ0v) is 10.4. The fourth-order valence-corrected chi connectivity index (χ4v) is 1.77. The second kappa shape index (κ2) is 6.63. The smallest absolute Gasteiger partial charge is 0.00417 e. The molecule has 0 fully saturated rings. The molecular weight excluding hydrogens is 184 g/mol. The molecule has 82 valence electrons. The quantitative estimate of drug-likeness (QED) is 0.750. The van der Waals surface area contributed by atoms with E-state index in [9.17, 15) is 0 Å². The van der Waals surface area contributed by atoms with Crippen LogP contribution in [0.5, 0.6) is 0 Å². The summed E-state index contributed by atoms with van der Waals surface area (Å²) in [5, 5.41) is 0. The van der Waals surface area contributed by atoms with E-state index in [1.807, 2.05) is 0 Å². The number of rotatable bonds is 5. The van der Waals surface area contributed by atoms with E-state index >= 15 is 0 Å². The Morgan fingerprint density at radius 3 is 2.08 bits per heavy atom. The fourth-order valence-electron chi connectivity index (χ4n) is 1.77. The topological polar surface area (TPSA) is 29.3 Å². The summed E-state index contributed by atoms with van der Waals surface area (Å²) >= 11 is 0. The lowest BCUT2D eigenvalue weighted by Gasteiger charge is -2.30. The Hall–Kier alpha value is 0.210. The first kappa shape index (κ1) is 15.7. The Morgan fingerprint density at radius 2 is 1.77 bits per heavy atom. The molecule has 0 radical (unpaired) electrons. The van der Waals surface area contributed by atoms with E-state index in [-0.39, 0.29) is 12.4 Å². The van der Waals surface area contributed by atoms with Gasteiger partial charge in [-0.05, 0) is 32.4 Å². The number of nitrogens with two attached hydrogens (primary N) is 1. The van der Waals surface area contributed by atoms with Gasteiger partial charge in [0, 0.05) is 12.6 Å². The van der Waals surface area contributed by atoms with Crippen molar-refractivity contribution in [2.75, 3.05) is 20.6 Å². The molecule has 2 nitrogen and oxygen atoms in total. The highest BCUT2D eigenvalue weighted by atomic mass is 35.5. The molecule has 3 heteroatoms. The molecule has 0 saturated heterocycles. The largest absolute Gasteiger partial charge is 0.328 e. The maximum absolute atomic E-state index is 5.92. The third-order valence-corrected chi connectivity index (χ3v) is 2.08. The Balaban J connectivity index is 0. The molecule has 0 amide bonds. The summed E-state index contributed by atoms with van der Waals surface area (Å²) in [4.78, 5) is 2.22. The van der Waals surface area contributed by atoms with E-state index in [4.69, 9.17) is 5.73 Å². The van der Waals surface area contributed by atoms with Gasteiger partial charge >= 0.3 is 0 Å². The van der Waals surface area contributed by atoms with Crippen LogP contribution in [0.4, 0.5) is 0 Å². The lowest BCUT2D eigenvalue weighted by atomic mass is 9.85. The van der Waals surface area contributed by atoms with Gasteiger partial charge in [0.15, 0.2) is 0 Å². The average Bonchev–Trinajstić information content (AvgIpc) is 1.83. The standard InChI is InChI=1S/C10H24N2.ClH/c1-6-9(11)7-10(2,3)8-12(4)5;/h9H,6-8,11H2,1-5H3;1H. The van der Waals surface area contributed by atoms with Gasteiger partial charge in [0.2, 0.25) is 0 Å². The monoisotopic (exact) mass is 208 g/mol. The first-order valence-electron chi connectivity index (χ1n) is 4.77. The predicted molar refractivity (Wildman–Crippen MR) is 62.5 cm³/mol. The van der Waals surface area contributed by atoms with Crippen LogP contribution in [0.3, 0.4) is 0 Å². The molecule has 1 unspecified atom stereocenters. The molecule has 0 aliphatic heterocycles. The molecule has 0 aliphatic rings. The lowest BCUT2D eigenvalue weighted by Crippen LogP contribution is -2.34. The third kappa shape index (κ3) is 8.54. The van der Waals surface area contributed by atoms with Crippen molar-refractivity contribution < 1.29 is 0 Å². The number of nitrogens with zero attached hydrogens (tertiary/aromatic N) is 1. The Labute approximate surface area is 89.3 Å². The van der Waals surface area contributed by atoms with Crippen molar-refractivity contribution in [2.45, 2.75) is 39.7 Å². The van der Waals surface area contributed by atoms with Crippen molar-refractivity contribution >= 4 is 12.4 Å². The molecule has 0 rings (SSSR count). The summed E-state index contributed by atoms with van der Waals surface area (Å²) in [6.45, 7) is 7.82. The van der Waals surface area contributed by atoms with Gasteiger partial charge < -0.3 is 10.6 Å². The van der Waals surface area contributed by atoms with E-state index in [1.54, 1.807) is 0 Å². The second-order valence-electron chi connectivity index (χ2n) is 4.77. The molecule has 13 heavy (non-hydrogen) atoms. The molecule has 0 heterocycles. The molecule has 0 saturated carbocycles. The fraction of sp³-hybridized carbons (Fsp3) is 1.00. The van der Waals surface area contributed by atoms with Gasteiger partial charge in [-0.15, -0.1) is 12.4 Å². The zero-order valence-electron chi connectivity index (χ0n) is 9.63. The number of hydrogen-bond donors (Lipinski definition) is 1. The van der Waals surface area contributed by atoms with Crippen molar-refractivity contribution in [3.63, 3.8) is 0 Å². The van der Waals surface area contributed by atoms with Crippen LogP contribution < -0.4 is 5.73 Å². The highest BCUT2D eigenvalue weighted by Crippen LogP contribution is 2.23. The van der Waals surface area contributed by atoms with Crippen LogP contribution in [0.2, 0.25) is 0 Å². The third-order valence-electron chi connectivity index (χ3n) is 2.08. The van der Waals surface area contributed by atoms with Crippen LogP contribution in [-0.2, 0) is 0 Å². The normalized spacial score (nSPS) is 14.1. The first-order chi connectivity index (χ1) is 5.37. The Morgan fingerprint density at radius 1 is 1.31 bits per heavy atom. The number of hydrogen-bond acceptors (Lipinski definition) is 2. The molecule has 2 N–H and O–H groups in total. The molecule has 0 spiro atoms. The maximum Gasteiger partial charge on any atom is 0.00417 e. The Bertz CT molecular complexity index is 124. The molecule has 0 aliphatic carbocycles. The van der Waals surface area contributed by atoms with E-state index in [0.29, 0.717) is 11.5 Å².